The predicted octanol–water partition coefficient (Wildman–Crippen LogP) is 3.53. The van der Waals surface area contributed by atoms with Crippen molar-refractivity contribution < 1.29 is 9.59 Å². The first-order valence-corrected chi connectivity index (χ1v) is 9.58. The third-order valence-electron chi connectivity index (χ3n) is 5.21. The van der Waals surface area contributed by atoms with Crippen LogP contribution >= 0.6 is 0 Å². The van der Waals surface area contributed by atoms with Crippen LogP contribution in [0, 0.1) is 13.8 Å². The number of piperidine rings is 1. The molecule has 0 saturated carbocycles. The minimum atomic E-state index is -0.461. The number of nitrogens with one attached hydrogen (secondary N) is 2. The Kier molecular flexibility index (Phi) is 4.82. The number of nitrogens with zero attached hydrogens (tertiary/aromatic N) is 1. The fourth-order valence-electron chi connectivity index (χ4n) is 3.84. The smallest absolute Gasteiger partial charge is 0.251 e. The van der Waals surface area contributed by atoms with E-state index in [9.17, 15) is 9.59 Å². The predicted molar refractivity (Wildman–Crippen MR) is 110 cm³/mol. The average molecular weight is 373 g/mol. The number of carbonyl (C=O) groups is 2. The van der Waals surface area contributed by atoms with Gasteiger partial charge in [0.1, 0.15) is 6.04 Å². The van der Waals surface area contributed by atoms with Crippen LogP contribution in [0.3, 0.4) is 0 Å². The summed E-state index contributed by atoms with van der Waals surface area (Å²) >= 11 is 0. The first-order chi connectivity index (χ1) is 13.5. The van der Waals surface area contributed by atoms with Gasteiger partial charge in [0.05, 0.1) is 5.52 Å². The molecule has 0 aliphatic carbocycles. The van der Waals surface area contributed by atoms with Gasteiger partial charge < -0.3 is 10.6 Å². The Morgan fingerprint density at radius 3 is 2.86 bits per heavy atom. The molecule has 3 aromatic rings. The van der Waals surface area contributed by atoms with E-state index in [1.165, 1.54) is 5.56 Å². The van der Waals surface area contributed by atoms with E-state index in [4.69, 9.17) is 0 Å². The third kappa shape index (κ3) is 3.48. The van der Waals surface area contributed by atoms with Gasteiger partial charge in [0.2, 0.25) is 5.91 Å². The van der Waals surface area contributed by atoms with Crippen LogP contribution in [0.1, 0.15) is 34.3 Å². The monoisotopic (exact) mass is 373 g/mol. The number of aromatic nitrogens is 1. The molecular weight excluding hydrogens is 350 g/mol. The minimum absolute atomic E-state index is 0.109. The molecule has 0 unspecified atom stereocenters. The van der Waals surface area contributed by atoms with E-state index in [2.05, 4.69) is 41.6 Å². The highest BCUT2D eigenvalue weighted by Crippen LogP contribution is 2.30. The maximum atomic E-state index is 12.7. The summed E-state index contributed by atoms with van der Waals surface area (Å²) in [4.78, 5) is 29.2. The van der Waals surface area contributed by atoms with Crippen molar-refractivity contribution in [3.05, 3.63) is 65.4 Å². The maximum Gasteiger partial charge on any atom is 0.251 e. The lowest BCUT2D eigenvalue weighted by atomic mass is 9.96. The quantitative estimate of drug-likeness (QED) is 0.738. The lowest BCUT2D eigenvalue weighted by Crippen LogP contribution is -2.50. The van der Waals surface area contributed by atoms with Crippen LogP contribution in [-0.2, 0) is 4.79 Å². The lowest BCUT2D eigenvalue weighted by molar-refractivity contribution is -0.124. The molecule has 5 nitrogen and oxygen atoms in total. The Morgan fingerprint density at radius 2 is 2.04 bits per heavy atom. The van der Waals surface area contributed by atoms with Crippen LogP contribution in [0.2, 0.25) is 0 Å². The molecule has 2 N–H and O–H groups in total. The molecule has 2 aromatic carbocycles. The zero-order chi connectivity index (χ0) is 19.7. The highest BCUT2D eigenvalue weighted by molar-refractivity contribution is 6.01. The Labute approximate surface area is 164 Å². The molecule has 28 heavy (non-hydrogen) atoms. The summed E-state index contributed by atoms with van der Waals surface area (Å²) in [5.74, 6) is -0.337. The Bertz CT molecular complexity index is 1070. The number of aryl methyl sites for hydroxylation is 2. The number of hydrogen-bond acceptors (Lipinski definition) is 3. The second kappa shape index (κ2) is 7.43. The van der Waals surface area contributed by atoms with Gasteiger partial charge in [-0.3, -0.25) is 14.6 Å². The highest BCUT2D eigenvalue weighted by Gasteiger charge is 2.24. The molecule has 2 heterocycles. The summed E-state index contributed by atoms with van der Waals surface area (Å²) in [5.41, 5.74) is 5.83. The van der Waals surface area contributed by atoms with Crippen molar-refractivity contribution in [2.45, 2.75) is 32.7 Å². The largest absolute Gasteiger partial charge is 0.354 e. The molecule has 1 aliphatic rings. The zero-order valence-corrected chi connectivity index (χ0v) is 16.1. The molecule has 2 amide bonds. The Morgan fingerprint density at radius 1 is 1.18 bits per heavy atom. The Hall–Kier alpha value is -3.21. The molecule has 1 aromatic heterocycles. The van der Waals surface area contributed by atoms with Gasteiger partial charge in [-0.25, -0.2) is 0 Å². The van der Waals surface area contributed by atoms with Crippen molar-refractivity contribution >= 4 is 22.7 Å². The maximum absolute atomic E-state index is 12.7. The van der Waals surface area contributed by atoms with Crippen molar-refractivity contribution in [1.29, 1.82) is 0 Å². The zero-order valence-electron chi connectivity index (χ0n) is 16.1. The first-order valence-electron chi connectivity index (χ1n) is 9.58. The molecule has 1 atom stereocenters. The van der Waals surface area contributed by atoms with E-state index in [1.807, 2.05) is 24.3 Å². The van der Waals surface area contributed by atoms with Gasteiger partial charge in [-0.15, -0.1) is 0 Å². The van der Waals surface area contributed by atoms with E-state index in [-0.39, 0.29) is 11.8 Å². The van der Waals surface area contributed by atoms with E-state index in [0.717, 1.165) is 34.0 Å². The van der Waals surface area contributed by atoms with Gasteiger partial charge >= 0.3 is 0 Å². The van der Waals surface area contributed by atoms with Crippen LogP contribution in [-0.4, -0.2) is 29.4 Å². The summed E-state index contributed by atoms with van der Waals surface area (Å²) in [7, 11) is 0. The number of rotatable bonds is 3. The summed E-state index contributed by atoms with van der Waals surface area (Å²) in [6.07, 6.45) is 3.35. The number of hydrogen-bond donors (Lipinski definition) is 2. The number of benzene rings is 2. The molecule has 1 saturated heterocycles. The molecule has 1 fully saturated rings. The fraction of sp³-hybridized carbons (Fsp3) is 0.261. The highest BCUT2D eigenvalue weighted by atomic mass is 16.2. The fourth-order valence-corrected chi connectivity index (χ4v) is 3.84. The van der Waals surface area contributed by atoms with Crippen molar-refractivity contribution in [3.8, 4) is 11.1 Å². The van der Waals surface area contributed by atoms with Crippen LogP contribution in [0.15, 0.2) is 48.7 Å². The third-order valence-corrected chi connectivity index (χ3v) is 5.21. The lowest BCUT2D eigenvalue weighted by Gasteiger charge is -2.22. The number of amides is 2. The SMILES string of the molecule is Cc1cc(C)c2nccc(-c3cccc(C(=O)N[C@@H]4CCCNC4=O)c3)c2c1. The average Bonchev–Trinajstić information content (AvgIpc) is 2.69. The van der Waals surface area contributed by atoms with Crippen LogP contribution in [0.5, 0.6) is 0 Å². The minimum Gasteiger partial charge on any atom is -0.354 e. The molecule has 0 bridgehead atoms. The van der Waals surface area contributed by atoms with Gasteiger partial charge in [0, 0.05) is 23.7 Å². The number of pyridine rings is 1. The van der Waals surface area contributed by atoms with Crippen molar-refractivity contribution in [3.63, 3.8) is 0 Å². The van der Waals surface area contributed by atoms with Gasteiger partial charge in [0.25, 0.3) is 5.91 Å². The molecule has 142 valence electrons. The normalized spacial score (nSPS) is 16.6. The van der Waals surface area contributed by atoms with E-state index in [0.29, 0.717) is 18.5 Å². The first kappa shape index (κ1) is 18.2. The number of fused-ring (bicyclic) bond motifs is 1. The molecular formula is C23H23N3O2. The molecule has 4 rings (SSSR count). The summed E-state index contributed by atoms with van der Waals surface area (Å²) < 4.78 is 0. The molecule has 0 spiro atoms. The second-order valence-electron chi connectivity index (χ2n) is 7.38. The van der Waals surface area contributed by atoms with Crippen molar-refractivity contribution in [2.75, 3.05) is 6.54 Å². The van der Waals surface area contributed by atoms with Gasteiger partial charge in [-0.05, 0) is 67.6 Å². The molecule has 5 heteroatoms. The van der Waals surface area contributed by atoms with Crippen LogP contribution < -0.4 is 10.6 Å². The van der Waals surface area contributed by atoms with Crippen molar-refractivity contribution in [1.82, 2.24) is 15.6 Å². The Balaban J connectivity index is 1.69. The van der Waals surface area contributed by atoms with Gasteiger partial charge in [0.15, 0.2) is 0 Å². The molecule has 1 aliphatic heterocycles. The standard InChI is InChI=1S/C23H23N3O2/c1-14-11-15(2)21-19(12-14)18(8-10-24-21)16-5-3-6-17(13-16)22(27)26-20-7-4-9-25-23(20)28/h3,5-6,8,10-13,20H,4,7,9H2,1-2H3,(H,25,28)(H,26,27)/t20-/m1/s1. The molecule has 0 radical (unpaired) electrons. The number of carbonyl (C=O) groups excluding carboxylic acids is 2. The van der Waals surface area contributed by atoms with E-state index in [1.54, 1.807) is 12.3 Å². The summed E-state index contributed by atoms with van der Waals surface area (Å²) in [6, 6.07) is 13.3. The van der Waals surface area contributed by atoms with Crippen LogP contribution in [0.4, 0.5) is 0 Å². The topological polar surface area (TPSA) is 71.1 Å². The van der Waals surface area contributed by atoms with Crippen LogP contribution in [0.25, 0.3) is 22.0 Å². The van der Waals surface area contributed by atoms with Gasteiger partial charge in [-0.2, -0.15) is 0 Å². The summed E-state index contributed by atoms with van der Waals surface area (Å²) in [6.45, 7) is 4.81. The van der Waals surface area contributed by atoms with E-state index >= 15 is 0 Å². The van der Waals surface area contributed by atoms with Gasteiger partial charge in [-0.1, -0.05) is 23.8 Å². The summed E-state index contributed by atoms with van der Waals surface area (Å²) in [5, 5.41) is 6.73. The van der Waals surface area contributed by atoms with E-state index < -0.39 is 6.04 Å². The van der Waals surface area contributed by atoms with Crippen molar-refractivity contribution in [2.24, 2.45) is 0 Å². The second-order valence-corrected chi connectivity index (χ2v) is 7.38.